The Bertz CT molecular complexity index is 1180. The summed E-state index contributed by atoms with van der Waals surface area (Å²) >= 11 is 2.23. The molecule has 3 atom stereocenters. The van der Waals surface area contributed by atoms with Crippen LogP contribution in [0.4, 0.5) is 5.13 Å². The molecule has 2 aliphatic rings. The number of nitrogens with two attached hydrogens (primary N) is 2. The number of thiazole rings is 1. The van der Waals surface area contributed by atoms with Gasteiger partial charge in [-0.3, -0.25) is 19.8 Å². The molecule has 16 nitrogen and oxygen atoms in total. The molecule has 2 saturated heterocycles. The van der Waals surface area contributed by atoms with Crippen LogP contribution in [-0.4, -0.2) is 92.9 Å². The standard InChI is InChI=1S/C20H27N9O7S2/c1-19(2,3)36-11(30)4-35-28-12(10-5-37-18(21)26-10)14(31)27-13-15(32)29-7-20(17(33)34,8-38-16(13)29)6-24-25-9-23-22/h5-6,9,13,16H,4,7-8,22H2,1-3H3,(H2,21,26)(H,23,25)(H,27,31)(H,33,34)/t13?,16-,20?/m1/s1. The minimum absolute atomic E-state index is 0.0800. The molecule has 1 aromatic rings. The molecule has 18 heteroatoms. The van der Waals surface area contributed by atoms with Crippen molar-refractivity contribution in [2.24, 2.45) is 26.6 Å². The number of rotatable bonds is 10. The van der Waals surface area contributed by atoms with Gasteiger partial charge in [0.1, 0.15) is 34.5 Å². The van der Waals surface area contributed by atoms with Crippen molar-refractivity contribution >= 4 is 70.2 Å². The molecule has 3 heterocycles. The molecule has 0 bridgehead atoms. The van der Waals surface area contributed by atoms with Crippen LogP contribution in [0.5, 0.6) is 0 Å². The largest absolute Gasteiger partial charge is 0.480 e. The van der Waals surface area contributed by atoms with Crippen LogP contribution in [0.15, 0.2) is 20.7 Å². The van der Waals surface area contributed by atoms with Crippen LogP contribution in [-0.2, 0) is 28.8 Å². The highest BCUT2D eigenvalue weighted by Gasteiger charge is 2.57. The normalized spacial score (nSPS) is 23.6. The first-order chi connectivity index (χ1) is 17.9. The Morgan fingerprint density at radius 2 is 2.13 bits per heavy atom. The highest BCUT2D eigenvalue weighted by atomic mass is 32.2. The van der Waals surface area contributed by atoms with Crippen LogP contribution in [0.25, 0.3) is 0 Å². The average Bonchev–Trinajstić information content (AvgIpc) is 3.27. The Kier molecular flexibility index (Phi) is 8.77. The highest BCUT2D eigenvalue weighted by molar-refractivity contribution is 8.00. The zero-order chi connectivity index (χ0) is 28.1. The van der Waals surface area contributed by atoms with Crippen LogP contribution in [0, 0.1) is 5.41 Å². The fourth-order valence-electron chi connectivity index (χ4n) is 3.42. The van der Waals surface area contributed by atoms with E-state index >= 15 is 0 Å². The van der Waals surface area contributed by atoms with Gasteiger partial charge in [-0.05, 0) is 20.8 Å². The molecule has 2 fully saturated rings. The number of oxime groups is 1. The van der Waals surface area contributed by atoms with Crippen molar-refractivity contribution in [3.8, 4) is 0 Å². The van der Waals surface area contributed by atoms with Crippen LogP contribution >= 0.6 is 23.1 Å². The summed E-state index contributed by atoms with van der Waals surface area (Å²) in [5, 5.41) is 24.2. The van der Waals surface area contributed by atoms with Crippen molar-refractivity contribution in [3.05, 3.63) is 11.1 Å². The van der Waals surface area contributed by atoms with E-state index in [4.69, 9.17) is 21.2 Å². The number of ether oxygens (including phenoxy) is 1. The number of hydrogen-bond donors (Lipinski definition) is 5. The fraction of sp³-hybridized carbons (Fsp3) is 0.500. The first-order valence-corrected chi connectivity index (χ1v) is 12.9. The predicted octanol–water partition coefficient (Wildman–Crippen LogP) is -1.26. The molecule has 206 valence electrons. The summed E-state index contributed by atoms with van der Waals surface area (Å²) in [6, 6.07) is -0.953. The molecule has 0 saturated carbocycles. The number of carboxylic acid groups (broad SMARTS) is 1. The Hall–Kier alpha value is -3.93. The first-order valence-electron chi connectivity index (χ1n) is 11.0. The number of carbonyl (C=O) groups excluding carboxylic acids is 3. The van der Waals surface area contributed by atoms with E-state index in [0.29, 0.717) is 0 Å². The number of nitrogens with one attached hydrogen (secondary N) is 2. The van der Waals surface area contributed by atoms with Gasteiger partial charge in [0.15, 0.2) is 10.8 Å². The van der Waals surface area contributed by atoms with E-state index in [1.54, 1.807) is 20.8 Å². The Labute approximate surface area is 224 Å². The summed E-state index contributed by atoms with van der Waals surface area (Å²) < 4.78 is 5.14. The van der Waals surface area contributed by atoms with Gasteiger partial charge in [-0.15, -0.1) is 23.1 Å². The number of esters is 1. The number of carboxylic acids is 1. The molecule has 7 N–H and O–H groups in total. The second-order valence-electron chi connectivity index (χ2n) is 9.12. The number of hydrogen-bond acceptors (Lipinski definition) is 14. The van der Waals surface area contributed by atoms with Gasteiger partial charge >= 0.3 is 11.9 Å². The van der Waals surface area contributed by atoms with Crippen molar-refractivity contribution in [1.29, 1.82) is 0 Å². The molecule has 2 amide bonds. The highest BCUT2D eigenvalue weighted by Crippen LogP contribution is 2.41. The van der Waals surface area contributed by atoms with E-state index in [-0.39, 0.29) is 28.8 Å². The fourth-order valence-corrected chi connectivity index (χ4v) is 5.46. The first kappa shape index (κ1) is 28.6. The van der Waals surface area contributed by atoms with E-state index in [9.17, 15) is 24.3 Å². The molecular formula is C20H27N9O7S2. The molecule has 38 heavy (non-hydrogen) atoms. The third-order valence-corrected chi connectivity index (χ3v) is 7.30. The summed E-state index contributed by atoms with van der Waals surface area (Å²) in [4.78, 5) is 60.2. The lowest BCUT2D eigenvalue weighted by Crippen LogP contribution is -2.74. The SMILES string of the molecule is CC(C)(C)OC(=O)CON=C(C(=O)NC1C(=O)N2CC(C=NNC=NN)(C(=O)O)CS[C@H]12)c1csc(N)n1. The number of aromatic nitrogens is 1. The maximum absolute atomic E-state index is 13.1. The number of carbonyl (C=O) groups is 4. The van der Waals surface area contributed by atoms with Crippen molar-refractivity contribution in [2.75, 3.05) is 24.6 Å². The van der Waals surface area contributed by atoms with Gasteiger partial charge in [0.2, 0.25) is 12.5 Å². The van der Waals surface area contributed by atoms with Crippen molar-refractivity contribution < 1.29 is 33.9 Å². The monoisotopic (exact) mass is 569 g/mol. The Balaban J connectivity index is 1.69. The summed E-state index contributed by atoms with van der Waals surface area (Å²) in [6.07, 6.45) is 2.25. The molecular weight excluding hydrogens is 542 g/mol. The lowest BCUT2D eigenvalue weighted by Gasteiger charge is -2.52. The van der Waals surface area contributed by atoms with Gasteiger partial charge in [0.25, 0.3) is 5.91 Å². The van der Waals surface area contributed by atoms with Crippen LogP contribution in [0.1, 0.15) is 26.5 Å². The van der Waals surface area contributed by atoms with Gasteiger partial charge in [0.05, 0.1) is 0 Å². The van der Waals surface area contributed by atoms with E-state index in [2.05, 4.69) is 31.1 Å². The van der Waals surface area contributed by atoms with Crippen LogP contribution in [0.3, 0.4) is 0 Å². The van der Waals surface area contributed by atoms with Gasteiger partial charge in [0, 0.05) is 23.9 Å². The predicted molar refractivity (Wildman–Crippen MR) is 139 cm³/mol. The summed E-state index contributed by atoms with van der Waals surface area (Å²) in [7, 11) is 0. The molecule has 2 unspecified atom stereocenters. The van der Waals surface area contributed by atoms with Crippen LogP contribution in [0.2, 0.25) is 0 Å². The number of anilines is 1. The molecule has 0 radical (unpaired) electrons. The third-order valence-electron chi connectivity index (χ3n) is 5.07. The summed E-state index contributed by atoms with van der Waals surface area (Å²) in [6.45, 7) is 4.35. The van der Waals surface area contributed by atoms with Gasteiger partial charge in [-0.1, -0.05) is 5.16 Å². The maximum atomic E-state index is 13.1. The zero-order valence-electron chi connectivity index (χ0n) is 20.6. The number of fused-ring (bicyclic) bond motifs is 1. The zero-order valence-corrected chi connectivity index (χ0v) is 22.2. The van der Waals surface area contributed by atoms with Gasteiger partial charge < -0.3 is 36.5 Å². The van der Waals surface area contributed by atoms with E-state index in [0.717, 1.165) is 17.7 Å². The molecule has 0 aliphatic carbocycles. The van der Waals surface area contributed by atoms with Crippen molar-refractivity contribution in [1.82, 2.24) is 20.6 Å². The number of amides is 2. The number of nitrogens with zero attached hydrogens (tertiary/aromatic N) is 5. The van der Waals surface area contributed by atoms with Gasteiger partial charge in [-0.2, -0.15) is 10.2 Å². The number of thioether (sulfide) groups is 1. The smallest absolute Gasteiger partial charge is 0.347 e. The van der Waals surface area contributed by atoms with Crippen molar-refractivity contribution in [3.63, 3.8) is 0 Å². The summed E-state index contributed by atoms with van der Waals surface area (Å²) in [5.74, 6) is 1.90. The van der Waals surface area contributed by atoms with E-state index in [1.807, 2.05) is 0 Å². The minimum atomic E-state index is -1.46. The topological polar surface area (TPSA) is 236 Å². The molecule has 1 aromatic heterocycles. The maximum Gasteiger partial charge on any atom is 0.347 e. The van der Waals surface area contributed by atoms with Gasteiger partial charge in [-0.25, -0.2) is 9.78 Å². The third kappa shape index (κ3) is 6.68. The average molecular weight is 570 g/mol. The lowest BCUT2D eigenvalue weighted by atomic mass is 9.88. The molecule has 3 rings (SSSR count). The second-order valence-corrected chi connectivity index (χ2v) is 11.1. The molecule has 0 spiro atoms. The lowest BCUT2D eigenvalue weighted by molar-refractivity contribution is -0.160. The second kappa shape index (κ2) is 11.6. The quantitative estimate of drug-likeness (QED) is 0.0554. The molecule has 0 aromatic carbocycles. The van der Waals surface area contributed by atoms with Crippen LogP contribution < -0.4 is 22.3 Å². The van der Waals surface area contributed by atoms with E-state index in [1.165, 1.54) is 28.3 Å². The number of hydrazone groups is 2. The number of nitrogen functional groups attached to an aromatic ring is 1. The Morgan fingerprint density at radius 1 is 1.39 bits per heavy atom. The minimum Gasteiger partial charge on any atom is -0.480 e. The Morgan fingerprint density at radius 3 is 2.74 bits per heavy atom. The van der Waals surface area contributed by atoms with Crippen molar-refractivity contribution in [2.45, 2.75) is 37.8 Å². The molecule has 2 aliphatic heterocycles. The summed E-state index contributed by atoms with van der Waals surface area (Å²) in [5.41, 5.74) is 5.64. The number of β-lactam (4-membered cyclic amide) rings is 1. The van der Waals surface area contributed by atoms with E-state index < -0.39 is 52.8 Å². The number of aliphatic carboxylic acids is 1.